The number of rotatable bonds is 4. The van der Waals surface area contributed by atoms with Gasteiger partial charge in [-0.25, -0.2) is 0 Å². The third-order valence-electron chi connectivity index (χ3n) is 2.93. The van der Waals surface area contributed by atoms with Crippen molar-refractivity contribution >= 4 is 55.7 Å². The third kappa shape index (κ3) is 3.95. The fraction of sp³-hybridized carbons (Fsp3) is 0.133. The molecule has 2 rings (SSSR count). The lowest BCUT2D eigenvalue weighted by atomic mass is 10.1. The maximum atomic E-state index is 12.5. The highest BCUT2D eigenvalue weighted by Gasteiger charge is 2.24. The maximum Gasteiger partial charge on any atom is 0.178 e. The average molecular weight is 406 g/mol. The summed E-state index contributed by atoms with van der Waals surface area (Å²) in [6, 6.07) is 11.7. The monoisotopic (exact) mass is 404 g/mol. The average Bonchev–Trinajstić information content (AvgIpc) is 2.48. The Kier molecular flexibility index (Phi) is 5.60. The van der Waals surface area contributed by atoms with Gasteiger partial charge in [0.05, 0.1) is 26.0 Å². The minimum absolute atomic E-state index is 0.197. The first kappa shape index (κ1) is 16.7. The molecule has 0 aliphatic rings. The van der Waals surface area contributed by atoms with Crippen molar-refractivity contribution in [3.63, 3.8) is 0 Å². The quantitative estimate of drug-likeness (QED) is 0.660. The third-order valence-corrected chi connectivity index (χ3v) is 5.76. The Hall–Kier alpha value is -0.680. The smallest absolute Gasteiger partial charge is 0.178 e. The van der Waals surface area contributed by atoms with Gasteiger partial charge in [-0.05, 0) is 37.3 Å². The van der Waals surface area contributed by atoms with Crippen LogP contribution < -0.4 is 0 Å². The van der Waals surface area contributed by atoms with Crippen LogP contribution in [0, 0.1) is 0 Å². The van der Waals surface area contributed by atoms with Crippen LogP contribution in [-0.4, -0.2) is 15.2 Å². The van der Waals surface area contributed by atoms with Crippen molar-refractivity contribution in [1.82, 2.24) is 0 Å². The minimum atomic E-state index is -1.56. The van der Waals surface area contributed by atoms with Gasteiger partial charge in [0, 0.05) is 15.1 Å². The second-order valence-electron chi connectivity index (χ2n) is 4.39. The summed E-state index contributed by atoms with van der Waals surface area (Å²) in [5.74, 6) is -0.197. The normalized spacial score (nSPS) is 13.7. The zero-order valence-corrected chi connectivity index (χ0v) is 14.9. The molecule has 0 spiro atoms. The summed E-state index contributed by atoms with van der Waals surface area (Å²) in [6.07, 6.45) is 0. The molecule has 0 amide bonds. The Balaban J connectivity index is 2.28. The predicted octanol–water partition coefficient (Wildman–Crippen LogP) is 5.13. The summed E-state index contributed by atoms with van der Waals surface area (Å²) in [7, 11) is -1.56. The van der Waals surface area contributed by atoms with E-state index >= 15 is 0 Å². The van der Waals surface area contributed by atoms with E-state index in [9.17, 15) is 9.00 Å². The summed E-state index contributed by atoms with van der Waals surface area (Å²) < 4.78 is 13.4. The molecule has 0 fully saturated rings. The summed E-state index contributed by atoms with van der Waals surface area (Å²) in [4.78, 5) is 12.8. The molecule has 0 saturated carbocycles. The SMILES string of the molecule is CC(C(=O)c1ccc(Br)cc1)S(=O)c1cc(Cl)ccc1Cl. The molecule has 0 saturated heterocycles. The largest absolute Gasteiger partial charge is 0.293 e. The molecule has 0 aliphatic carbocycles. The van der Waals surface area contributed by atoms with Crippen LogP contribution in [0.5, 0.6) is 0 Å². The minimum Gasteiger partial charge on any atom is -0.293 e. The number of halogens is 3. The van der Waals surface area contributed by atoms with Gasteiger partial charge in [0.2, 0.25) is 0 Å². The van der Waals surface area contributed by atoms with E-state index in [-0.39, 0.29) is 5.78 Å². The summed E-state index contributed by atoms with van der Waals surface area (Å²) in [6.45, 7) is 1.62. The molecule has 0 heterocycles. The highest BCUT2D eigenvalue weighted by Crippen LogP contribution is 2.26. The molecule has 2 aromatic carbocycles. The number of carbonyl (C=O) groups excluding carboxylic acids is 1. The van der Waals surface area contributed by atoms with Crippen LogP contribution in [0.25, 0.3) is 0 Å². The molecule has 0 aliphatic heterocycles. The predicted molar refractivity (Wildman–Crippen MR) is 90.8 cm³/mol. The molecular weight excluding hydrogens is 395 g/mol. The lowest BCUT2D eigenvalue weighted by molar-refractivity contribution is 0.0992. The molecule has 0 bridgehead atoms. The van der Waals surface area contributed by atoms with Crippen molar-refractivity contribution < 1.29 is 9.00 Å². The van der Waals surface area contributed by atoms with Gasteiger partial charge in [-0.3, -0.25) is 9.00 Å². The van der Waals surface area contributed by atoms with Crippen molar-refractivity contribution in [2.75, 3.05) is 0 Å². The fourth-order valence-electron chi connectivity index (χ4n) is 1.77. The fourth-order valence-corrected chi connectivity index (χ4v) is 3.83. The van der Waals surface area contributed by atoms with E-state index in [0.29, 0.717) is 20.5 Å². The number of Topliss-reactive ketones (excluding diaryl/α,β-unsaturated/α-hetero) is 1. The second kappa shape index (κ2) is 7.05. The number of benzene rings is 2. The molecule has 6 heteroatoms. The Morgan fingerprint density at radius 2 is 1.76 bits per heavy atom. The second-order valence-corrected chi connectivity index (χ2v) is 7.89. The molecule has 0 radical (unpaired) electrons. The summed E-state index contributed by atoms with van der Waals surface area (Å²) in [5.41, 5.74) is 0.511. The number of ketones is 1. The summed E-state index contributed by atoms with van der Waals surface area (Å²) in [5, 5.41) is 0.0707. The van der Waals surface area contributed by atoms with Gasteiger partial charge < -0.3 is 0 Å². The van der Waals surface area contributed by atoms with Crippen molar-refractivity contribution in [3.05, 3.63) is 62.5 Å². The molecule has 0 N–H and O–H groups in total. The first-order chi connectivity index (χ1) is 9.90. The van der Waals surface area contributed by atoms with Crippen LogP contribution in [0.4, 0.5) is 0 Å². The zero-order valence-electron chi connectivity index (χ0n) is 11.0. The molecular formula is C15H11BrCl2O2S. The van der Waals surface area contributed by atoms with E-state index in [2.05, 4.69) is 15.9 Å². The van der Waals surface area contributed by atoms with Gasteiger partial charge in [0.1, 0.15) is 0 Å². The van der Waals surface area contributed by atoms with Gasteiger partial charge in [-0.1, -0.05) is 51.3 Å². The van der Waals surface area contributed by atoms with Crippen LogP contribution in [0.2, 0.25) is 10.0 Å². The molecule has 21 heavy (non-hydrogen) atoms. The van der Waals surface area contributed by atoms with E-state index in [1.165, 1.54) is 6.07 Å². The lowest BCUT2D eigenvalue weighted by Gasteiger charge is -2.12. The Morgan fingerprint density at radius 1 is 1.14 bits per heavy atom. The van der Waals surface area contributed by atoms with Crippen LogP contribution >= 0.6 is 39.1 Å². The van der Waals surface area contributed by atoms with Crippen LogP contribution in [0.15, 0.2) is 51.8 Å². The van der Waals surface area contributed by atoms with E-state index in [0.717, 1.165) is 4.47 Å². The lowest BCUT2D eigenvalue weighted by Crippen LogP contribution is -2.23. The van der Waals surface area contributed by atoms with Gasteiger partial charge in [-0.15, -0.1) is 0 Å². The summed E-state index contributed by atoms with van der Waals surface area (Å²) >= 11 is 15.2. The van der Waals surface area contributed by atoms with Gasteiger partial charge in [0.15, 0.2) is 5.78 Å². The van der Waals surface area contributed by atoms with E-state index in [4.69, 9.17) is 23.2 Å². The number of carbonyl (C=O) groups is 1. The molecule has 2 atom stereocenters. The van der Waals surface area contributed by atoms with Crippen LogP contribution in [0.3, 0.4) is 0 Å². The number of hydrogen-bond acceptors (Lipinski definition) is 2. The van der Waals surface area contributed by atoms with E-state index in [1.54, 1.807) is 43.3 Å². The molecule has 110 valence electrons. The van der Waals surface area contributed by atoms with Crippen molar-refractivity contribution in [2.24, 2.45) is 0 Å². The van der Waals surface area contributed by atoms with Crippen molar-refractivity contribution in [2.45, 2.75) is 17.1 Å². The maximum absolute atomic E-state index is 12.5. The van der Waals surface area contributed by atoms with Gasteiger partial charge >= 0.3 is 0 Å². The first-order valence-corrected chi connectivity index (χ1v) is 8.81. The number of hydrogen-bond donors (Lipinski definition) is 0. The van der Waals surface area contributed by atoms with E-state index in [1.807, 2.05) is 0 Å². The highest BCUT2D eigenvalue weighted by atomic mass is 79.9. The molecule has 2 aromatic rings. The Morgan fingerprint density at radius 3 is 2.38 bits per heavy atom. The van der Waals surface area contributed by atoms with Gasteiger partial charge in [0.25, 0.3) is 0 Å². The molecule has 2 nitrogen and oxygen atoms in total. The topological polar surface area (TPSA) is 34.1 Å². The van der Waals surface area contributed by atoms with E-state index < -0.39 is 16.0 Å². The van der Waals surface area contributed by atoms with Crippen molar-refractivity contribution in [3.8, 4) is 0 Å². The Bertz CT molecular complexity index is 701. The highest BCUT2D eigenvalue weighted by molar-refractivity contribution is 9.10. The van der Waals surface area contributed by atoms with Crippen LogP contribution in [0.1, 0.15) is 17.3 Å². The van der Waals surface area contributed by atoms with Crippen LogP contribution in [-0.2, 0) is 10.8 Å². The Labute approximate surface area is 144 Å². The first-order valence-electron chi connectivity index (χ1n) is 6.05. The van der Waals surface area contributed by atoms with Crippen molar-refractivity contribution in [1.29, 1.82) is 0 Å². The molecule has 0 aromatic heterocycles. The standard InChI is InChI=1S/C15H11BrCl2O2S/c1-9(15(19)10-2-4-11(16)5-3-10)21(20)14-8-12(17)6-7-13(14)18/h2-9H,1H3. The molecule has 2 unspecified atom stereocenters. The zero-order chi connectivity index (χ0) is 15.6. The van der Waals surface area contributed by atoms with Gasteiger partial charge in [-0.2, -0.15) is 0 Å².